The molecule has 20 heavy (non-hydrogen) atoms. The highest BCUT2D eigenvalue weighted by Gasteiger charge is 2.38. The minimum Gasteiger partial charge on any atom is -0.473 e. The number of ether oxygens (including phenoxy) is 1. The van der Waals surface area contributed by atoms with Crippen molar-refractivity contribution < 1.29 is 13.9 Å². The van der Waals surface area contributed by atoms with E-state index in [0.29, 0.717) is 35.9 Å². The van der Waals surface area contributed by atoms with E-state index in [1.54, 1.807) is 6.07 Å². The van der Waals surface area contributed by atoms with Crippen molar-refractivity contribution in [2.24, 2.45) is 5.73 Å². The number of hydrogen-bond donors (Lipinski definition) is 1. The summed E-state index contributed by atoms with van der Waals surface area (Å²) < 4.78 is 17.8. The average Bonchev–Trinajstić information content (AvgIpc) is 3.25. The summed E-state index contributed by atoms with van der Waals surface area (Å²) in [5, 5.41) is 0. The predicted molar refractivity (Wildman–Crippen MR) is 70.9 cm³/mol. The highest BCUT2D eigenvalue weighted by molar-refractivity contribution is 5.98. The van der Waals surface area contributed by atoms with Crippen LogP contribution in [-0.2, 0) is 6.54 Å². The van der Waals surface area contributed by atoms with Crippen molar-refractivity contribution in [1.29, 1.82) is 0 Å². The fourth-order valence-electron chi connectivity index (χ4n) is 2.27. The van der Waals surface area contributed by atoms with E-state index in [4.69, 9.17) is 10.5 Å². The molecule has 5 nitrogen and oxygen atoms in total. The van der Waals surface area contributed by atoms with Crippen LogP contribution in [0.4, 0.5) is 4.39 Å². The average molecular weight is 277 g/mol. The van der Waals surface area contributed by atoms with Crippen LogP contribution in [0, 0.1) is 0 Å². The predicted octanol–water partition coefficient (Wildman–Crippen LogP) is 1.39. The van der Waals surface area contributed by atoms with Crippen molar-refractivity contribution in [2.75, 3.05) is 13.2 Å². The lowest BCUT2D eigenvalue weighted by Crippen LogP contribution is -2.25. The van der Waals surface area contributed by atoms with Gasteiger partial charge in [-0.3, -0.25) is 4.79 Å². The summed E-state index contributed by atoms with van der Waals surface area (Å²) in [5.74, 6) is 0.440. The maximum absolute atomic E-state index is 12.4. The fourth-order valence-corrected chi connectivity index (χ4v) is 2.27. The number of aromatic nitrogens is 1. The monoisotopic (exact) mass is 277 g/mol. The molecule has 0 saturated heterocycles. The number of pyridine rings is 1. The highest BCUT2D eigenvalue weighted by Crippen LogP contribution is 2.35. The Morgan fingerprint density at radius 2 is 2.40 bits per heavy atom. The second-order valence-corrected chi connectivity index (χ2v) is 5.10. The summed E-state index contributed by atoms with van der Waals surface area (Å²) >= 11 is 0. The van der Waals surface area contributed by atoms with E-state index in [2.05, 4.69) is 4.98 Å². The van der Waals surface area contributed by atoms with Gasteiger partial charge in [-0.2, -0.15) is 0 Å². The number of nitrogens with zero attached hydrogens (tertiary/aromatic N) is 2. The summed E-state index contributed by atoms with van der Waals surface area (Å²) in [5.41, 5.74) is 7.28. The third-order valence-corrected chi connectivity index (χ3v) is 3.61. The van der Waals surface area contributed by atoms with Crippen molar-refractivity contribution in [2.45, 2.75) is 25.4 Å². The first kappa shape index (κ1) is 13.1. The van der Waals surface area contributed by atoms with Crippen molar-refractivity contribution in [3.63, 3.8) is 0 Å². The van der Waals surface area contributed by atoms with Crippen molar-refractivity contribution in [3.05, 3.63) is 35.3 Å². The normalized spacial score (nSPS) is 18.4. The summed E-state index contributed by atoms with van der Waals surface area (Å²) in [4.78, 5) is 18.1. The summed E-state index contributed by atoms with van der Waals surface area (Å²) in [6.07, 6.45) is 4.15. The Morgan fingerprint density at radius 3 is 3.05 bits per heavy atom. The van der Waals surface area contributed by atoms with E-state index in [1.807, 2.05) is 4.90 Å². The molecular weight excluding hydrogens is 261 g/mol. The minimum atomic E-state index is 0.0489. The van der Waals surface area contributed by atoms with Gasteiger partial charge in [0.2, 0.25) is 5.88 Å². The van der Waals surface area contributed by atoms with Crippen LogP contribution < -0.4 is 10.5 Å². The lowest BCUT2D eigenvalue weighted by Gasteiger charge is -2.13. The number of carbonyl (C=O) groups is 1. The second-order valence-electron chi connectivity index (χ2n) is 5.10. The molecule has 1 aliphatic carbocycles. The van der Waals surface area contributed by atoms with Crippen LogP contribution in [0.1, 0.15) is 28.8 Å². The third kappa shape index (κ3) is 2.38. The molecule has 106 valence electrons. The molecule has 0 aromatic carbocycles. The first-order valence-electron chi connectivity index (χ1n) is 6.64. The van der Waals surface area contributed by atoms with Crippen molar-refractivity contribution >= 4 is 5.91 Å². The SMILES string of the molecule is NC/C(=C/F)COc1cc2c(cn1)C(=O)N(C1CC1)C2. The van der Waals surface area contributed by atoms with Crippen LogP contribution in [-0.4, -0.2) is 35.0 Å². The lowest BCUT2D eigenvalue weighted by atomic mass is 10.2. The topological polar surface area (TPSA) is 68.5 Å². The van der Waals surface area contributed by atoms with Crippen molar-refractivity contribution in [3.8, 4) is 5.88 Å². The number of carbonyl (C=O) groups excluding carboxylic acids is 1. The number of amides is 1. The van der Waals surface area contributed by atoms with Gasteiger partial charge in [0.1, 0.15) is 6.61 Å². The van der Waals surface area contributed by atoms with Gasteiger partial charge in [0.15, 0.2) is 0 Å². The van der Waals surface area contributed by atoms with Crippen LogP contribution in [0.2, 0.25) is 0 Å². The molecule has 2 aliphatic rings. The summed E-state index contributed by atoms with van der Waals surface area (Å²) in [6, 6.07) is 2.14. The summed E-state index contributed by atoms with van der Waals surface area (Å²) in [6.45, 7) is 0.787. The summed E-state index contributed by atoms with van der Waals surface area (Å²) in [7, 11) is 0. The quantitative estimate of drug-likeness (QED) is 0.883. The van der Waals surface area contributed by atoms with Gasteiger partial charge >= 0.3 is 0 Å². The van der Waals surface area contributed by atoms with Gasteiger partial charge in [0.05, 0.1) is 11.9 Å². The lowest BCUT2D eigenvalue weighted by molar-refractivity contribution is 0.0766. The molecule has 0 radical (unpaired) electrons. The molecule has 1 saturated carbocycles. The largest absolute Gasteiger partial charge is 0.473 e. The van der Waals surface area contributed by atoms with E-state index in [9.17, 15) is 9.18 Å². The molecule has 1 aliphatic heterocycles. The maximum atomic E-state index is 12.4. The zero-order valence-corrected chi connectivity index (χ0v) is 11.0. The first-order chi connectivity index (χ1) is 9.72. The van der Waals surface area contributed by atoms with E-state index in [1.165, 1.54) is 6.20 Å². The van der Waals surface area contributed by atoms with Crippen LogP contribution >= 0.6 is 0 Å². The van der Waals surface area contributed by atoms with Gasteiger partial charge in [-0.25, -0.2) is 9.37 Å². The van der Waals surface area contributed by atoms with Crippen LogP contribution in [0.15, 0.2) is 24.2 Å². The first-order valence-corrected chi connectivity index (χ1v) is 6.64. The molecule has 0 bridgehead atoms. The molecule has 2 heterocycles. The van der Waals surface area contributed by atoms with Crippen LogP contribution in [0.5, 0.6) is 5.88 Å². The zero-order valence-electron chi connectivity index (χ0n) is 11.0. The molecule has 6 heteroatoms. The zero-order chi connectivity index (χ0) is 14.1. The Morgan fingerprint density at radius 1 is 1.60 bits per heavy atom. The third-order valence-electron chi connectivity index (χ3n) is 3.61. The molecule has 1 amide bonds. The van der Waals surface area contributed by atoms with Crippen LogP contribution in [0.3, 0.4) is 0 Å². The van der Waals surface area contributed by atoms with E-state index < -0.39 is 0 Å². The Bertz CT molecular complexity index is 570. The van der Waals surface area contributed by atoms with Crippen LogP contribution in [0.25, 0.3) is 0 Å². The Hall–Kier alpha value is -1.95. The molecule has 1 aromatic heterocycles. The van der Waals surface area contributed by atoms with E-state index in [-0.39, 0.29) is 19.1 Å². The Labute approximate surface area is 116 Å². The fraction of sp³-hybridized carbons (Fsp3) is 0.429. The molecule has 1 fully saturated rings. The van der Waals surface area contributed by atoms with E-state index in [0.717, 1.165) is 18.4 Å². The highest BCUT2D eigenvalue weighted by atomic mass is 19.1. The molecule has 0 atom stereocenters. The van der Waals surface area contributed by atoms with Gasteiger partial charge in [-0.1, -0.05) is 0 Å². The minimum absolute atomic E-state index is 0.0489. The van der Waals surface area contributed by atoms with Gasteiger partial charge in [0, 0.05) is 37.0 Å². The van der Waals surface area contributed by atoms with Gasteiger partial charge < -0.3 is 15.4 Å². The Kier molecular flexibility index (Phi) is 3.40. The van der Waals surface area contributed by atoms with Crippen molar-refractivity contribution in [1.82, 2.24) is 9.88 Å². The second kappa shape index (κ2) is 5.20. The Balaban J connectivity index is 1.71. The standard InChI is InChI=1S/C14H16FN3O2/c15-4-9(5-16)8-20-13-3-10-7-18(11-1-2-11)14(19)12(10)6-17-13/h3-4,6,11H,1-2,5,7-8,16H2/b9-4-. The van der Waals surface area contributed by atoms with Gasteiger partial charge in [-0.15, -0.1) is 0 Å². The molecule has 0 spiro atoms. The molecule has 3 rings (SSSR count). The number of nitrogens with two attached hydrogens (primary N) is 1. The molecule has 2 N–H and O–H groups in total. The molecular formula is C14H16FN3O2. The smallest absolute Gasteiger partial charge is 0.256 e. The molecule has 1 aromatic rings. The number of hydrogen-bond acceptors (Lipinski definition) is 4. The van der Waals surface area contributed by atoms with Gasteiger partial charge in [0.25, 0.3) is 5.91 Å². The number of fused-ring (bicyclic) bond motifs is 1. The maximum Gasteiger partial charge on any atom is 0.256 e. The van der Waals surface area contributed by atoms with Gasteiger partial charge in [-0.05, 0) is 18.4 Å². The number of rotatable bonds is 5. The number of halogens is 1. The molecule has 0 unspecified atom stereocenters. The van der Waals surface area contributed by atoms with E-state index >= 15 is 0 Å².